The minimum absolute atomic E-state index is 0.0940. The second-order valence-electron chi connectivity index (χ2n) is 11.0. The number of hydrogen-bond acceptors (Lipinski definition) is 3. The maximum absolute atomic E-state index is 13.9. The summed E-state index contributed by atoms with van der Waals surface area (Å²) < 4.78 is 54.3. The van der Waals surface area contributed by atoms with E-state index in [2.05, 4.69) is 5.10 Å². The van der Waals surface area contributed by atoms with Crippen molar-refractivity contribution in [3.8, 4) is 5.69 Å². The molecule has 2 aliphatic carbocycles. The number of hydrogen-bond donors (Lipinski definition) is 1. The van der Waals surface area contributed by atoms with Gasteiger partial charge in [-0.3, -0.25) is 4.79 Å². The lowest BCUT2D eigenvalue weighted by Crippen LogP contribution is -2.43. The summed E-state index contributed by atoms with van der Waals surface area (Å²) in [5.41, 5.74) is 6.98. The Bertz CT molecular complexity index is 1390. The predicted octanol–water partition coefficient (Wildman–Crippen LogP) is 6.07. The van der Waals surface area contributed by atoms with Gasteiger partial charge in [0.2, 0.25) is 5.91 Å². The predicted molar refractivity (Wildman–Crippen MR) is 144 cm³/mol. The number of allylic oxidation sites excluding steroid dienone is 1. The maximum atomic E-state index is 13.9. The average Bonchev–Trinajstić information content (AvgIpc) is 3.52. The van der Waals surface area contributed by atoms with Gasteiger partial charge in [-0.2, -0.15) is 18.3 Å². The van der Waals surface area contributed by atoms with Crippen LogP contribution in [0.5, 0.6) is 0 Å². The van der Waals surface area contributed by atoms with Crippen LogP contribution in [0.3, 0.4) is 0 Å². The molecule has 212 valence electrons. The first-order valence-electron chi connectivity index (χ1n) is 13.6. The third-order valence-electron chi connectivity index (χ3n) is 8.10. The van der Waals surface area contributed by atoms with Crippen molar-refractivity contribution in [1.82, 2.24) is 14.7 Å². The highest BCUT2D eigenvalue weighted by Crippen LogP contribution is 2.47. The van der Waals surface area contributed by atoms with Crippen molar-refractivity contribution in [1.29, 1.82) is 0 Å². The molecule has 2 aliphatic rings. The number of carbonyl (C=O) groups excluding carboxylic acids is 1. The van der Waals surface area contributed by atoms with E-state index < -0.39 is 24.6 Å². The molecule has 0 saturated carbocycles. The number of aromatic nitrogens is 2. The van der Waals surface area contributed by atoms with Crippen molar-refractivity contribution < 1.29 is 27.5 Å². The first-order chi connectivity index (χ1) is 19.0. The van der Waals surface area contributed by atoms with E-state index in [0.717, 1.165) is 39.2 Å². The fourth-order valence-electron chi connectivity index (χ4n) is 6.14. The molecule has 1 amide bonds. The number of aliphatic hydroxyl groups is 1. The van der Waals surface area contributed by atoms with E-state index in [1.807, 2.05) is 42.8 Å². The van der Waals surface area contributed by atoms with Crippen molar-refractivity contribution in [2.75, 3.05) is 13.1 Å². The zero-order valence-electron chi connectivity index (χ0n) is 22.6. The molecular weight excluding hydrogens is 522 g/mol. The molecule has 1 N–H and O–H groups in total. The van der Waals surface area contributed by atoms with Crippen LogP contribution < -0.4 is 0 Å². The number of halogens is 4. The van der Waals surface area contributed by atoms with E-state index in [9.17, 15) is 27.5 Å². The van der Waals surface area contributed by atoms with Gasteiger partial charge in [0.25, 0.3) is 0 Å². The Labute approximate surface area is 231 Å². The molecule has 0 spiro atoms. The lowest BCUT2D eigenvalue weighted by molar-refractivity contribution is -0.158. The van der Waals surface area contributed by atoms with Gasteiger partial charge in [0.15, 0.2) is 0 Å². The zero-order chi connectivity index (χ0) is 28.6. The van der Waals surface area contributed by atoms with Crippen LogP contribution in [0.25, 0.3) is 5.69 Å². The number of alkyl halides is 3. The first kappa shape index (κ1) is 28.1. The third kappa shape index (κ3) is 5.99. The van der Waals surface area contributed by atoms with Crippen molar-refractivity contribution in [2.24, 2.45) is 5.92 Å². The number of nitrogens with zero attached hydrogens (tertiary/aromatic N) is 3. The molecule has 3 aromatic rings. The fourth-order valence-corrected chi connectivity index (χ4v) is 6.14. The molecule has 0 radical (unpaired) electrons. The highest BCUT2D eigenvalue weighted by Gasteiger charge is 2.41. The summed E-state index contributed by atoms with van der Waals surface area (Å²) in [6.45, 7) is 3.85. The minimum atomic E-state index is -4.52. The number of fused-ring (bicyclic) bond motifs is 1. The maximum Gasteiger partial charge on any atom is 0.391 e. The molecule has 1 heterocycles. The summed E-state index contributed by atoms with van der Waals surface area (Å²) in [4.78, 5) is 15.4. The van der Waals surface area contributed by atoms with Crippen LogP contribution in [0, 0.1) is 18.7 Å². The molecule has 1 aromatic heterocycles. The molecule has 0 fully saturated rings. The summed E-state index contributed by atoms with van der Waals surface area (Å²) in [5.74, 6) is -1.11. The van der Waals surface area contributed by atoms with Crippen LogP contribution in [-0.2, 0) is 17.6 Å². The second-order valence-corrected chi connectivity index (χ2v) is 11.0. The number of aliphatic hydroxyl groups excluding tert-OH is 1. The molecule has 40 heavy (non-hydrogen) atoms. The second kappa shape index (κ2) is 11.2. The van der Waals surface area contributed by atoms with Crippen molar-refractivity contribution >= 4 is 5.91 Å². The molecule has 1 unspecified atom stereocenters. The molecule has 0 aliphatic heterocycles. The Hall–Kier alpha value is -3.46. The van der Waals surface area contributed by atoms with Gasteiger partial charge < -0.3 is 10.0 Å². The topological polar surface area (TPSA) is 58.4 Å². The van der Waals surface area contributed by atoms with E-state index in [1.54, 1.807) is 18.3 Å². The number of amides is 1. The largest absolute Gasteiger partial charge is 0.391 e. The molecule has 5 nitrogen and oxygen atoms in total. The van der Waals surface area contributed by atoms with Crippen LogP contribution in [0.1, 0.15) is 54.5 Å². The van der Waals surface area contributed by atoms with Crippen LogP contribution >= 0.6 is 0 Å². The summed E-state index contributed by atoms with van der Waals surface area (Å²) in [6, 6.07) is 14.0. The number of rotatable bonds is 8. The molecule has 0 saturated heterocycles. The SMILES string of the molecule is Cc1ccc(CCN(CC(O)CC(F)(F)F)C(=O)[C@@H]2CCC3=C2[C@@H](C)c2cnn(-c4ccc(F)cc4)c2C3)cc1. The smallest absolute Gasteiger partial charge is 0.391 e. The van der Waals surface area contributed by atoms with Gasteiger partial charge >= 0.3 is 6.18 Å². The summed E-state index contributed by atoms with van der Waals surface area (Å²) >= 11 is 0. The monoisotopic (exact) mass is 555 g/mol. The molecule has 0 bridgehead atoms. The standard InChI is InChI=1S/C31H33F4N3O2/c1-19-3-5-21(6-4-19)13-14-37(18-25(39)16-31(33,34)35)30(40)26-12-7-22-15-28-27(20(2)29(22)26)17-36-38(28)24-10-8-23(32)9-11-24/h3-6,8-11,17,20,25-26,39H,7,12-16,18H2,1-2H3/t20-,25?,26+/m0/s1. The Kier molecular flexibility index (Phi) is 7.86. The van der Waals surface area contributed by atoms with Crippen LogP contribution in [-0.4, -0.2) is 51.1 Å². The summed E-state index contributed by atoms with van der Waals surface area (Å²) in [7, 11) is 0. The van der Waals surface area contributed by atoms with Gasteiger partial charge in [0.05, 0.1) is 36.0 Å². The molecular formula is C31H33F4N3O2. The van der Waals surface area contributed by atoms with Crippen molar-refractivity contribution in [2.45, 2.75) is 64.1 Å². The number of benzene rings is 2. The van der Waals surface area contributed by atoms with Gasteiger partial charge in [-0.15, -0.1) is 0 Å². The Balaban J connectivity index is 1.38. The quantitative estimate of drug-likeness (QED) is 0.271. The lowest BCUT2D eigenvalue weighted by Gasteiger charge is -2.32. The molecule has 2 aromatic carbocycles. The van der Waals surface area contributed by atoms with E-state index in [1.165, 1.54) is 17.0 Å². The minimum Gasteiger partial charge on any atom is -0.391 e. The first-order valence-corrected chi connectivity index (χ1v) is 13.6. The van der Waals surface area contributed by atoms with E-state index in [4.69, 9.17) is 0 Å². The highest BCUT2D eigenvalue weighted by molar-refractivity contribution is 5.83. The summed E-state index contributed by atoms with van der Waals surface area (Å²) in [5, 5.41) is 14.8. The Morgan fingerprint density at radius 1 is 1.15 bits per heavy atom. The van der Waals surface area contributed by atoms with Gasteiger partial charge in [-0.25, -0.2) is 9.07 Å². The van der Waals surface area contributed by atoms with Crippen LogP contribution in [0.4, 0.5) is 17.6 Å². The molecule has 5 rings (SSSR count). The van der Waals surface area contributed by atoms with Gasteiger partial charge in [-0.05, 0) is 56.0 Å². The fraction of sp³-hybridized carbons (Fsp3) is 0.419. The Morgan fingerprint density at radius 3 is 2.52 bits per heavy atom. The van der Waals surface area contributed by atoms with Crippen molar-refractivity contribution in [3.63, 3.8) is 0 Å². The average molecular weight is 556 g/mol. The lowest BCUT2D eigenvalue weighted by atomic mass is 9.79. The normalized spacial score (nSPS) is 19.4. The van der Waals surface area contributed by atoms with Gasteiger partial charge in [0, 0.05) is 31.0 Å². The van der Waals surface area contributed by atoms with Gasteiger partial charge in [-0.1, -0.05) is 47.9 Å². The third-order valence-corrected chi connectivity index (χ3v) is 8.10. The number of carbonyl (C=O) groups is 1. The van der Waals surface area contributed by atoms with E-state index in [0.29, 0.717) is 25.7 Å². The Morgan fingerprint density at radius 2 is 1.85 bits per heavy atom. The van der Waals surface area contributed by atoms with Crippen LogP contribution in [0.15, 0.2) is 65.9 Å². The molecule has 9 heteroatoms. The van der Waals surface area contributed by atoms with Crippen LogP contribution in [0.2, 0.25) is 0 Å². The van der Waals surface area contributed by atoms with Crippen molar-refractivity contribution in [3.05, 3.63) is 94.1 Å². The summed E-state index contributed by atoms with van der Waals surface area (Å²) in [6.07, 6.45) is -3.41. The highest BCUT2D eigenvalue weighted by atomic mass is 19.4. The molecule has 3 atom stereocenters. The van der Waals surface area contributed by atoms with E-state index >= 15 is 0 Å². The zero-order valence-corrected chi connectivity index (χ0v) is 22.6. The van der Waals surface area contributed by atoms with Gasteiger partial charge in [0.1, 0.15) is 5.82 Å². The number of aryl methyl sites for hydroxylation is 1. The van der Waals surface area contributed by atoms with E-state index in [-0.39, 0.29) is 30.7 Å².